The number of rotatable bonds is 2. The molecule has 4 heteroatoms. The monoisotopic (exact) mass is 234 g/mol. The number of pyridine rings is 1. The lowest BCUT2D eigenvalue weighted by atomic mass is 10.0. The van der Waals surface area contributed by atoms with Crippen molar-refractivity contribution < 1.29 is 4.79 Å². The van der Waals surface area contributed by atoms with Gasteiger partial charge in [-0.05, 0) is 24.8 Å². The molecule has 92 valence electrons. The third kappa shape index (κ3) is 2.40. The molecule has 0 aromatic carbocycles. The Balaban J connectivity index is 2.23. The van der Waals surface area contributed by atoms with Crippen molar-refractivity contribution in [3.8, 4) is 0 Å². The summed E-state index contributed by atoms with van der Waals surface area (Å²) in [5.41, 5.74) is 0.168. The molecule has 1 fully saturated rings. The maximum atomic E-state index is 12.3. The highest BCUT2D eigenvalue weighted by molar-refractivity contribution is 5.92. The second-order valence-electron chi connectivity index (χ2n) is 4.88. The van der Waals surface area contributed by atoms with Crippen molar-refractivity contribution in [3.05, 3.63) is 34.2 Å². The standard InChI is InChI=1S/C13H18N2O2/c1-9(2)11-6-4-8-15(11)13(17)10-5-3-7-12(16)14-10/h3,5,7,9,11H,4,6,8H2,1-2H3,(H,14,16). The summed E-state index contributed by atoms with van der Waals surface area (Å²) in [4.78, 5) is 28.0. The number of aromatic amines is 1. The number of aromatic nitrogens is 1. The number of nitrogens with zero attached hydrogens (tertiary/aromatic N) is 1. The molecule has 2 rings (SSSR count). The molecule has 1 aromatic rings. The number of carbonyl (C=O) groups is 1. The Morgan fingerprint density at radius 1 is 1.47 bits per heavy atom. The molecule has 1 unspecified atom stereocenters. The van der Waals surface area contributed by atoms with Crippen LogP contribution in [0.3, 0.4) is 0 Å². The van der Waals surface area contributed by atoms with Gasteiger partial charge in [0.25, 0.3) is 5.91 Å². The third-order valence-electron chi connectivity index (χ3n) is 3.33. The van der Waals surface area contributed by atoms with Crippen LogP contribution in [0.25, 0.3) is 0 Å². The average molecular weight is 234 g/mol. The quantitative estimate of drug-likeness (QED) is 0.845. The SMILES string of the molecule is CC(C)C1CCCN1C(=O)c1cccc(=O)[nH]1. The van der Waals surface area contributed by atoms with Crippen LogP contribution in [0.4, 0.5) is 0 Å². The second-order valence-corrected chi connectivity index (χ2v) is 4.88. The van der Waals surface area contributed by atoms with E-state index in [9.17, 15) is 9.59 Å². The summed E-state index contributed by atoms with van der Waals surface area (Å²) >= 11 is 0. The van der Waals surface area contributed by atoms with E-state index in [1.807, 2.05) is 4.90 Å². The van der Waals surface area contributed by atoms with Crippen LogP contribution in [0, 0.1) is 5.92 Å². The molecule has 0 saturated carbocycles. The first-order chi connectivity index (χ1) is 8.09. The number of nitrogens with one attached hydrogen (secondary N) is 1. The van der Waals surface area contributed by atoms with Crippen LogP contribution in [-0.4, -0.2) is 28.4 Å². The summed E-state index contributed by atoms with van der Waals surface area (Å²) in [6.45, 7) is 5.05. The van der Waals surface area contributed by atoms with Gasteiger partial charge in [-0.2, -0.15) is 0 Å². The lowest BCUT2D eigenvalue weighted by molar-refractivity contribution is 0.0695. The smallest absolute Gasteiger partial charge is 0.270 e. The van der Waals surface area contributed by atoms with Crippen LogP contribution in [0.1, 0.15) is 37.2 Å². The van der Waals surface area contributed by atoms with E-state index >= 15 is 0 Å². The van der Waals surface area contributed by atoms with Crippen molar-refractivity contribution in [3.63, 3.8) is 0 Å². The van der Waals surface area contributed by atoms with Gasteiger partial charge in [0, 0.05) is 18.7 Å². The van der Waals surface area contributed by atoms with Crippen LogP contribution in [-0.2, 0) is 0 Å². The summed E-state index contributed by atoms with van der Waals surface area (Å²) < 4.78 is 0. The first-order valence-electron chi connectivity index (χ1n) is 6.10. The van der Waals surface area contributed by atoms with E-state index in [4.69, 9.17) is 0 Å². The highest BCUT2D eigenvalue weighted by Gasteiger charge is 2.31. The Labute approximate surface area is 101 Å². The van der Waals surface area contributed by atoms with E-state index < -0.39 is 0 Å². The molecule has 1 atom stereocenters. The first-order valence-corrected chi connectivity index (χ1v) is 6.10. The fraction of sp³-hybridized carbons (Fsp3) is 0.538. The van der Waals surface area contributed by atoms with E-state index in [0.29, 0.717) is 17.7 Å². The predicted octanol–water partition coefficient (Wildman–Crippen LogP) is 1.64. The van der Waals surface area contributed by atoms with Crippen LogP contribution in [0.5, 0.6) is 0 Å². The maximum absolute atomic E-state index is 12.3. The Kier molecular flexibility index (Phi) is 3.31. The van der Waals surface area contributed by atoms with Crippen molar-refractivity contribution in [1.29, 1.82) is 0 Å². The average Bonchev–Trinajstić information content (AvgIpc) is 2.77. The molecular weight excluding hydrogens is 216 g/mol. The number of H-pyrrole nitrogens is 1. The van der Waals surface area contributed by atoms with Gasteiger partial charge >= 0.3 is 0 Å². The Hall–Kier alpha value is -1.58. The van der Waals surface area contributed by atoms with Crippen molar-refractivity contribution in [1.82, 2.24) is 9.88 Å². The Bertz CT molecular complexity index is 464. The van der Waals surface area contributed by atoms with E-state index in [1.54, 1.807) is 12.1 Å². The van der Waals surface area contributed by atoms with Gasteiger partial charge in [0.05, 0.1) is 0 Å². The molecule has 0 aliphatic carbocycles. The van der Waals surface area contributed by atoms with Crippen LogP contribution < -0.4 is 5.56 Å². The molecule has 1 aromatic heterocycles. The number of carbonyl (C=O) groups excluding carboxylic acids is 1. The summed E-state index contributed by atoms with van der Waals surface area (Å²) in [6.07, 6.45) is 2.10. The highest BCUT2D eigenvalue weighted by atomic mass is 16.2. The summed E-state index contributed by atoms with van der Waals surface area (Å²) in [6, 6.07) is 5.00. The molecule has 2 heterocycles. The Morgan fingerprint density at radius 2 is 2.24 bits per heavy atom. The van der Waals surface area contributed by atoms with E-state index in [-0.39, 0.29) is 11.5 Å². The van der Waals surface area contributed by atoms with Gasteiger partial charge in [-0.15, -0.1) is 0 Å². The zero-order valence-corrected chi connectivity index (χ0v) is 10.3. The molecule has 4 nitrogen and oxygen atoms in total. The van der Waals surface area contributed by atoms with Gasteiger partial charge in [-0.25, -0.2) is 0 Å². The zero-order chi connectivity index (χ0) is 12.4. The van der Waals surface area contributed by atoms with Crippen LogP contribution in [0.15, 0.2) is 23.0 Å². The molecule has 0 bridgehead atoms. The van der Waals surface area contributed by atoms with Crippen molar-refractivity contribution in [2.24, 2.45) is 5.92 Å². The lowest BCUT2D eigenvalue weighted by Crippen LogP contribution is -2.39. The fourth-order valence-electron chi connectivity index (χ4n) is 2.47. The molecule has 1 saturated heterocycles. The van der Waals surface area contributed by atoms with Crippen molar-refractivity contribution in [2.45, 2.75) is 32.7 Å². The van der Waals surface area contributed by atoms with Gasteiger partial charge < -0.3 is 9.88 Å². The molecule has 17 heavy (non-hydrogen) atoms. The van der Waals surface area contributed by atoms with Gasteiger partial charge in [-0.1, -0.05) is 19.9 Å². The van der Waals surface area contributed by atoms with Gasteiger partial charge in [-0.3, -0.25) is 9.59 Å². The summed E-state index contributed by atoms with van der Waals surface area (Å²) in [7, 11) is 0. The number of hydrogen-bond acceptors (Lipinski definition) is 2. The molecule has 0 radical (unpaired) electrons. The maximum Gasteiger partial charge on any atom is 0.270 e. The fourth-order valence-corrected chi connectivity index (χ4v) is 2.47. The normalized spacial score (nSPS) is 19.9. The van der Waals surface area contributed by atoms with Crippen molar-refractivity contribution >= 4 is 5.91 Å². The highest BCUT2D eigenvalue weighted by Crippen LogP contribution is 2.24. The van der Waals surface area contributed by atoms with Crippen LogP contribution in [0.2, 0.25) is 0 Å². The molecule has 1 aliphatic rings. The Morgan fingerprint density at radius 3 is 2.88 bits per heavy atom. The van der Waals surface area contributed by atoms with Gasteiger partial charge in [0.2, 0.25) is 5.56 Å². The molecular formula is C13H18N2O2. The number of likely N-dealkylation sites (tertiary alicyclic amines) is 1. The third-order valence-corrected chi connectivity index (χ3v) is 3.33. The minimum Gasteiger partial charge on any atom is -0.334 e. The van der Waals surface area contributed by atoms with E-state index in [1.165, 1.54) is 6.07 Å². The van der Waals surface area contributed by atoms with Gasteiger partial charge in [0.1, 0.15) is 5.69 Å². The minimum absolute atomic E-state index is 0.0566. The van der Waals surface area contributed by atoms with E-state index in [2.05, 4.69) is 18.8 Å². The predicted molar refractivity (Wildman–Crippen MR) is 66.0 cm³/mol. The zero-order valence-electron chi connectivity index (χ0n) is 10.3. The topological polar surface area (TPSA) is 53.2 Å². The van der Waals surface area contributed by atoms with Crippen molar-refractivity contribution in [2.75, 3.05) is 6.54 Å². The molecule has 1 N–H and O–H groups in total. The first kappa shape index (κ1) is 11.9. The largest absolute Gasteiger partial charge is 0.334 e. The molecule has 1 aliphatic heterocycles. The van der Waals surface area contributed by atoms with Crippen LogP contribution >= 0.6 is 0 Å². The van der Waals surface area contributed by atoms with E-state index in [0.717, 1.165) is 19.4 Å². The summed E-state index contributed by atoms with van der Waals surface area (Å²) in [5.74, 6) is 0.399. The minimum atomic E-state index is -0.226. The lowest BCUT2D eigenvalue weighted by Gasteiger charge is -2.27. The summed E-state index contributed by atoms with van der Waals surface area (Å²) in [5, 5.41) is 0. The second kappa shape index (κ2) is 4.73. The number of hydrogen-bond donors (Lipinski definition) is 1. The van der Waals surface area contributed by atoms with Gasteiger partial charge in [0.15, 0.2) is 0 Å². The number of amides is 1. The molecule has 1 amide bonds. The molecule has 0 spiro atoms.